The fourth-order valence-electron chi connectivity index (χ4n) is 0.323. The largest absolute Gasteiger partial charge is 0.233 e. The molecule has 0 aliphatic heterocycles. The molecular weight excluding hydrogens is 189 g/mol. The van der Waals surface area contributed by atoms with Crippen LogP contribution in [-0.4, -0.2) is 4.98 Å². The highest BCUT2D eigenvalue weighted by atomic mass is 79.9. The van der Waals surface area contributed by atoms with Crippen LogP contribution in [0.15, 0.2) is 16.6 Å². The summed E-state index contributed by atoms with van der Waals surface area (Å²) in [6.07, 6.45) is 2.63. The molecule has 1 nitrogen and oxygen atoms in total. The highest BCUT2D eigenvalue weighted by molar-refractivity contribution is 9.10. The Bertz CT molecular complexity index is 151. The second kappa shape index (κ2) is 2.46. The van der Waals surface area contributed by atoms with E-state index in [4.69, 9.17) is 11.6 Å². The highest BCUT2D eigenvalue weighted by Gasteiger charge is 1.85. The lowest BCUT2D eigenvalue weighted by atomic mass is 10.5. The molecular formula is C5H2BrClN. The van der Waals surface area contributed by atoms with E-state index in [1.807, 2.05) is 0 Å². The first-order valence-corrected chi connectivity index (χ1v) is 3.16. The molecule has 0 aliphatic carbocycles. The number of nitrogens with zero attached hydrogens (tertiary/aromatic N) is 1. The number of aromatic nitrogens is 1. The maximum absolute atomic E-state index is 5.45. The Labute approximate surface area is 60.8 Å². The van der Waals surface area contributed by atoms with Gasteiger partial charge in [-0.1, -0.05) is 11.6 Å². The average molecular weight is 191 g/mol. The SMILES string of the molecule is Clc1ccc(Br)[c]n1. The Balaban J connectivity index is 3.03. The van der Waals surface area contributed by atoms with Crippen molar-refractivity contribution in [2.24, 2.45) is 0 Å². The van der Waals surface area contributed by atoms with Crippen LogP contribution in [-0.2, 0) is 0 Å². The van der Waals surface area contributed by atoms with Gasteiger partial charge in [-0.15, -0.1) is 0 Å². The van der Waals surface area contributed by atoms with Gasteiger partial charge in [0.25, 0.3) is 0 Å². The molecule has 1 aromatic heterocycles. The topological polar surface area (TPSA) is 12.9 Å². The van der Waals surface area contributed by atoms with E-state index in [1.54, 1.807) is 12.1 Å². The first kappa shape index (κ1) is 6.05. The minimum absolute atomic E-state index is 0.466. The number of hydrogen-bond donors (Lipinski definition) is 0. The standard InChI is InChI=1S/C5H2BrClN/c6-4-1-2-5(7)8-3-4/h1-2H. The van der Waals surface area contributed by atoms with Crippen LogP contribution in [0.25, 0.3) is 0 Å². The minimum Gasteiger partial charge on any atom is -0.233 e. The number of pyridine rings is 1. The van der Waals surface area contributed by atoms with Crippen LogP contribution in [0.4, 0.5) is 0 Å². The van der Waals surface area contributed by atoms with Crippen LogP contribution in [0.5, 0.6) is 0 Å². The normalized spacial score (nSPS) is 9.25. The zero-order chi connectivity index (χ0) is 5.98. The van der Waals surface area contributed by atoms with Crippen LogP contribution < -0.4 is 0 Å². The zero-order valence-electron chi connectivity index (χ0n) is 3.86. The fraction of sp³-hybridized carbons (Fsp3) is 0. The van der Waals surface area contributed by atoms with Crippen molar-refractivity contribution in [3.63, 3.8) is 0 Å². The van der Waals surface area contributed by atoms with Crippen LogP contribution in [0.2, 0.25) is 5.15 Å². The smallest absolute Gasteiger partial charge is 0.129 e. The van der Waals surface area contributed by atoms with E-state index < -0.39 is 0 Å². The number of halogens is 2. The van der Waals surface area contributed by atoms with Crippen molar-refractivity contribution in [1.82, 2.24) is 4.98 Å². The first-order valence-electron chi connectivity index (χ1n) is 1.99. The molecule has 0 atom stereocenters. The third-order valence-electron chi connectivity index (χ3n) is 0.637. The summed E-state index contributed by atoms with van der Waals surface area (Å²) < 4.78 is 0.821. The summed E-state index contributed by atoms with van der Waals surface area (Å²) in [5.41, 5.74) is 0. The molecule has 0 aromatic carbocycles. The van der Waals surface area contributed by atoms with Crippen LogP contribution >= 0.6 is 27.5 Å². The van der Waals surface area contributed by atoms with Gasteiger partial charge in [0.05, 0.1) is 0 Å². The Kier molecular flexibility index (Phi) is 1.86. The third-order valence-corrected chi connectivity index (χ3v) is 1.29. The molecule has 0 spiro atoms. The van der Waals surface area contributed by atoms with E-state index in [1.165, 1.54) is 0 Å². The lowest BCUT2D eigenvalue weighted by Crippen LogP contribution is -1.71. The van der Waals surface area contributed by atoms with Crippen LogP contribution in [0, 0.1) is 6.20 Å². The van der Waals surface area contributed by atoms with Crippen molar-refractivity contribution < 1.29 is 0 Å². The van der Waals surface area contributed by atoms with Gasteiger partial charge >= 0.3 is 0 Å². The van der Waals surface area contributed by atoms with E-state index in [9.17, 15) is 0 Å². The van der Waals surface area contributed by atoms with Gasteiger partial charge in [-0.25, -0.2) is 4.98 Å². The molecule has 0 bridgehead atoms. The van der Waals surface area contributed by atoms with Crippen LogP contribution in [0.3, 0.4) is 0 Å². The van der Waals surface area contributed by atoms with Gasteiger partial charge in [-0.3, -0.25) is 0 Å². The summed E-state index contributed by atoms with van der Waals surface area (Å²) >= 11 is 8.62. The van der Waals surface area contributed by atoms with Gasteiger partial charge in [0.15, 0.2) is 0 Å². The van der Waals surface area contributed by atoms with Crippen molar-refractivity contribution in [2.45, 2.75) is 0 Å². The molecule has 0 fully saturated rings. The van der Waals surface area contributed by atoms with E-state index in [0.29, 0.717) is 5.15 Å². The molecule has 1 heterocycles. The molecule has 0 saturated carbocycles. The fourth-order valence-corrected chi connectivity index (χ4v) is 0.649. The Morgan fingerprint density at radius 3 is 2.75 bits per heavy atom. The van der Waals surface area contributed by atoms with Crippen molar-refractivity contribution in [3.05, 3.63) is 28.0 Å². The molecule has 0 aliphatic rings. The third kappa shape index (κ3) is 1.46. The van der Waals surface area contributed by atoms with Gasteiger partial charge < -0.3 is 0 Å². The molecule has 3 heteroatoms. The summed E-state index contributed by atoms with van der Waals surface area (Å²) in [6.45, 7) is 0. The lowest BCUT2D eigenvalue weighted by Gasteiger charge is -1.84. The van der Waals surface area contributed by atoms with E-state index >= 15 is 0 Å². The molecule has 1 radical (unpaired) electrons. The van der Waals surface area contributed by atoms with Gasteiger partial charge in [0.2, 0.25) is 0 Å². The summed E-state index contributed by atoms with van der Waals surface area (Å²) in [6, 6.07) is 3.48. The highest BCUT2D eigenvalue weighted by Crippen LogP contribution is 2.08. The van der Waals surface area contributed by atoms with Crippen molar-refractivity contribution in [3.8, 4) is 0 Å². The zero-order valence-corrected chi connectivity index (χ0v) is 6.20. The van der Waals surface area contributed by atoms with Crippen molar-refractivity contribution >= 4 is 27.5 Å². The lowest BCUT2D eigenvalue weighted by molar-refractivity contribution is 1.29. The molecule has 0 unspecified atom stereocenters. The predicted octanol–water partition coefficient (Wildman–Crippen LogP) is 2.30. The Morgan fingerprint density at radius 2 is 2.38 bits per heavy atom. The Hall–Kier alpha value is -0.0800. The molecule has 41 valence electrons. The summed E-state index contributed by atoms with van der Waals surface area (Å²) in [7, 11) is 0. The van der Waals surface area contributed by atoms with E-state index in [0.717, 1.165) is 4.47 Å². The van der Waals surface area contributed by atoms with E-state index in [2.05, 4.69) is 27.1 Å². The van der Waals surface area contributed by atoms with Gasteiger partial charge in [0, 0.05) is 4.47 Å². The predicted molar refractivity (Wildman–Crippen MR) is 35.8 cm³/mol. The van der Waals surface area contributed by atoms with Crippen molar-refractivity contribution in [2.75, 3.05) is 0 Å². The van der Waals surface area contributed by atoms with Crippen LogP contribution in [0.1, 0.15) is 0 Å². The molecule has 1 rings (SSSR count). The quantitative estimate of drug-likeness (QED) is 0.574. The molecule has 0 N–H and O–H groups in total. The Morgan fingerprint density at radius 1 is 1.62 bits per heavy atom. The van der Waals surface area contributed by atoms with Gasteiger partial charge in [-0.2, -0.15) is 0 Å². The maximum atomic E-state index is 5.45. The van der Waals surface area contributed by atoms with Crippen molar-refractivity contribution in [1.29, 1.82) is 0 Å². The summed E-state index contributed by atoms with van der Waals surface area (Å²) in [5.74, 6) is 0. The molecule has 0 amide bonds. The number of hydrogen-bond acceptors (Lipinski definition) is 1. The minimum atomic E-state index is 0.466. The summed E-state index contributed by atoms with van der Waals surface area (Å²) in [4.78, 5) is 3.67. The van der Waals surface area contributed by atoms with Gasteiger partial charge in [-0.05, 0) is 28.1 Å². The van der Waals surface area contributed by atoms with Gasteiger partial charge in [0.1, 0.15) is 11.3 Å². The molecule has 1 aromatic rings. The first-order chi connectivity index (χ1) is 3.79. The monoisotopic (exact) mass is 190 g/mol. The van der Waals surface area contributed by atoms with E-state index in [-0.39, 0.29) is 0 Å². The summed E-state index contributed by atoms with van der Waals surface area (Å²) in [5, 5.41) is 0.466. The second-order valence-corrected chi connectivity index (χ2v) is 2.47. The second-order valence-electron chi connectivity index (χ2n) is 1.23. The molecule has 0 saturated heterocycles. The molecule has 8 heavy (non-hydrogen) atoms. The number of rotatable bonds is 0. The maximum Gasteiger partial charge on any atom is 0.129 e. The average Bonchev–Trinajstić information content (AvgIpc) is 1.77.